The number of carboxylic acid groups (broad SMARTS) is 1. The fourth-order valence-electron chi connectivity index (χ4n) is 1.43. The minimum absolute atomic E-state index is 0.0993. The molecule has 110 valence electrons. The lowest BCUT2D eigenvalue weighted by Gasteiger charge is -2.19. The van der Waals surface area contributed by atoms with Crippen LogP contribution in [-0.2, 0) is 9.59 Å². The molecule has 0 radical (unpaired) electrons. The highest BCUT2D eigenvalue weighted by molar-refractivity contribution is 9.10. The quantitative estimate of drug-likeness (QED) is 0.856. The van der Waals surface area contributed by atoms with Crippen LogP contribution in [0.1, 0.15) is 6.92 Å². The summed E-state index contributed by atoms with van der Waals surface area (Å²) >= 11 is 3.13. The lowest BCUT2D eigenvalue weighted by molar-refractivity contribution is -0.143. The van der Waals surface area contributed by atoms with Crippen molar-refractivity contribution in [3.8, 4) is 5.75 Å². The van der Waals surface area contributed by atoms with E-state index in [-0.39, 0.29) is 19.1 Å². The van der Waals surface area contributed by atoms with E-state index in [1.165, 1.54) is 37.1 Å². The van der Waals surface area contributed by atoms with Gasteiger partial charge in [-0.3, -0.25) is 9.59 Å². The Bertz CT molecular complexity index is 509. The summed E-state index contributed by atoms with van der Waals surface area (Å²) < 4.78 is 18.6. The van der Waals surface area contributed by atoms with Gasteiger partial charge in [-0.1, -0.05) is 6.92 Å². The van der Waals surface area contributed by atoms with Gasteiger partial charge in [0.15, 0.2) is 6.61 Å². The summed E-state index contributed by atoms with van der Waals surface area (Å²) in [4.78, 5) is 23.8. The summed E-state index contributed by atoms with van der Waals surface area (Å²) in [6, 6.07) is 3.86. The van der Waals surface area contributed by atoms with Crippen molar-refractivity contribution in [1.82, 2.24) is 4.90 Å². The molecular formula is C13H15BrFNO4. The van der Waals surface area contributed by atoms with Gasteiger partial charge in [-0.05, 0) is 34.1 Å². The molecule has 0 saturated heterocycles. The van der Waals surface area contributed by atoms with Crippen LogP contribution in [0.2, 0.25) is 0 Å². The molecule has 0 fully saturated rings. The molecule has 1 N–H and O–H groups in total. The first kappa shape index (κ1) is 16.4. The van der Waals surface area contributed by atoms with Crippen molar-refractivity contribution >= 4 is 27.8 Å². The van der Waals surface area contributed by atoms with E-state index in [0.717, 1.165) is 0 Å². The topological polar surface area (TPSA) is 66.8 Å². The lowest BCUT2D eigenvalue weighted by atomic mass is 10.2. The number of carbonyl (C=O) groups excluding carboxylic acids is 1. The number of hydrogen-bond donors (Lipinski definition) is 1. The second-order valence-electron chi connectivity index (χ2n) is 4.38. The number of benzene rings is 1. The number of nitrogens with zero attached hydrogens (tertiary/aromatic N) is 1. The van der Waals surface area contributed by atoms with E-state index in [9.17, 15) is 14.0 Å². The Morgan fingerprint density at radius 2 is 2.15 bits per heavy atom. The lowest BCUT2D eigenvalue weighted by Crippen LogP contribution is -2.36. The Morgan fingerprint density at radius 1 is 1.50 bits per heavy atom. The van der Waals surface area contributed by atoms with Gasteiger partial charge >= 0.3 is 5.97 Å². The van der Waals surface area contributed by atoms with Crippen LogP contribution in [0.15, 0.2) is 22.7 Å². The zero-order chi connectivity index (χ0) is 15.3. The van der Waals surface area contributed by atoms with Crippen molar-refractivity contribution < 1.29 is 23.8 Å². The monoisotopic (exact) mass is 347 g/mol. The van der Waals surface area contributed by atoms with Crippen LogP contribution in [0, 0.1) is 11.7 Å². The summed E-state index contributed by atoms with van der Waals surface area (Å²) in [5.41, 5.74) is 0. The first-order valence-electron chi connectivity index (χ1n) is 5.86. The maximum Gasteiger partial charge on any atom is 0.308 e. The summed E-state index contributed by atoms with van der Waals surface area (Å²) in [5, 5.41) is 8.77. The van der Waals surface area contributed by atoms with Crippen molar-refractivity contribution in [3.63, 3.8) is 0 Å². The van der Waals surface area contributed by atoms with Crippen LogP contribution < -0.4 is 4.74 Å². The minimum Gasteiger partial charge on any atom is -0.483 e. The normalized spacial score (nSPS) is 11.8. The molecule has 1 unspecified atom stereocenters. The Balaban J connectivity index is 2.52. The molecule has 1 aromatic rings. The molecule has 0 aliphatic rings. The number of rotatable bonds is 6. The molecule has 1 amide bonds. The number of carbonyl (C=O) groups is 2. The predicted molar refractivity (Wildman–Crippen MR) is 74.0 cm³/mol. The Kier molecular flexibility index (Phi) is 5.94. The molecule has 20 heavy (non-hydrogen) atoms. The van der Waals surface area contributed by atoms with Gasteiger partial charge in [-0.2, -0.15) is 0 Å². The van der Waals surface area contributed by atoms with E-state index in [1.807, 2.05) is 0 Å². The highest BCUT2D eigenvalue weighted by Gasteiger charge is 2.18. The zero-order valence-electron chi connectivity index (χ0n) is 11.1. The SMILES string of the molecule is CC(CN(C)C(=O)COc1ccc(F)cc1Br)C(=O)O. The molecule has 0 aromatic heterocycles. The number of likely N-dealkylation sites (N-methyl/N-ethyl adjacent to an activating group) is 1. The molecular weight excluding hydrogens is 333 g/mol. The van der Waals surface area contributed by atoms with Crippen molar-refractivity contribution in [2.75, 3.05) is 20.2 Å². The van der Waals surface area contributed by atoms with Crippen LogP contribution in [0.4, 0.5) is 4.39 Å². The average molecular weight is 348 g/mol. The number of aliphatic carboxylic acids is 1. The van der Waals surface area contributed by atoms with Crippen LogP contribution >= 0.6 is 15.9 Å². The molecule has 0 spiro atoms. The number of amides is 1. The van der Waals surface area contributed by atoms with E-state index in [0.29, 0.717) is 10.2 Å². The summed E-state index contributed by atoms with van der Waals surface area (Å²) in [5.74, 6) is -2.04. The maximum atomic E-state index is 12.9. The molecule has 7 heteroatoms. The highest BCUT2D eigenvalue weighted by atomic mass is 79.9. The molecule has 0 aliphatic heterocycles. The van der Waals surface area contributed by atoms with Crippen molar-refractivity contribution in [2.45, 2.75) is 6.92 Å². The fraction of sp³-hybridized carbons (Fsp3) is 0.385. The minimum atomic E-state index is -0.966. The molecule has 5 nitrogen and oxygen atoms in total. The molecule has 0 saturated carbocycles. The van der Waals surface area contributed by atoms with E-state index >= 15 is 0 Å². The van der Waals surface area contributed by atoms with Crippen LogP contribution in [0.25, 0.3) is 0 Å². The second-order valence-corrected chi connectivity index (χ2v) is 5.23. The number of carboxylic acids is 1. The average Bonchev–Trinajstić information content (AvgIpc) is 2.37. The van der Waals surface area contributed by atoms with Crippen molar-refractivity contribution in [3.05, 3.63) is 28.5 Å². The third kappa shape index (κ3) is 4.80. The fourth-order valence-corrected chi connectivity index (χ4v) is 1.90. The predicted octanol–water partition coefficient (Wildman–Crippen LogP) is 2.15. The zero-order valence-corrected chi connectivity index (χ0v) is 12.7. The summed E-state index contributed by atoms with van der Waals surface area (Å²) in [6.07, 6.45) is 0. The summed E-state index contributed by atoms with van der Waals surface area (Å²) in [6.45, 7) is 1.37. The number of halogens is 2. The molecule has 0 heterocycles. The number of hydrogen-bond acceptors (Lipinski definition) is 3. The molecule has 0 aliphatic carbocycles. The van der Waals surface area contributed by atoms with E-state index < -0.39 is 17.7 Å². The number of ether oxygens (including phenoxy) is 1. The van der Waals surface area contributed by atoms with Crippen molar-refractivity contribution in [1.29, 1.82) is 0 Å². The molecule has 0 bridgehead atoms. The second kappa shape index (κ2) is 7.23. The van der Waals surface area contributed by atoms with Gasteiger partial charge in [0.1, 0.15) is 11.6 Å². The Hall–Kier alpha value is -1.63. The third-order valence-electron chi connectivity index (χ3n) is 2.64. The van der Waals surface area contributed by atoms with Crippen molar-refractivity contribution in [2.24, 2.45) is 5.92 Å². The van der Waals surface area contributed by atoms with Gasteiger partial charge < -0.3 is 14.7 Å². The van der Waals surface area contributed by atoms with E-state index in [4.69, 9.17) is 9.84 Å². The van der Waals surface area contributed by atoms with Crippen LogP contribution in [0.5, 0.6) is 5.75 Å². The van der Waals surface area contributed by atoms with Gasteiger partial charge in [0.05, 0.1) is 10.4 Å². The Labute approximate surface area is 124 Å². The van der Waals surface area contributed by atoms with Gasteiger partial charge in [-0.15, -0.1) is 0 Å². The first-order valence-corrected chi connectivity index (χ1v) is 6.65. The van der Waals surface area contributed by atoms with Crippen LogP contribution in [0.3, 0.4) is 0 Å². The van der Waals surface area contributed by atoms with Gasteiger partial charge in [0.2, 0.25) is 0 Å². The highest BCUT2D eigenvalue weighted by Crippen LogP contribution is 2.25. The van der Waals surface area contributed by atoms with E-state index in [2.05, 4.69) is 15.9 Å². The largest absolute Gasteiger partial charge is 0.483 e. The van der Waals surface area contributed by atoms with Crippen LogP contribution in [-0.4, -0.2) is 42.1 Å². The smallest absolute Gasteiger partial charge is 0.308 e. The van der Waals surface area contributed by atoms with Gasteiger partial charge in [0, 0.05) is 13.6 Å². The molecule has 1 aromatic carbocycles. The maximum absolute atomic E-state index is 12.9. The third-order valence-corrected chi connectivity index (χ3v) is 3.26. The van der Waals surface area contributed by atoms with E-state index in [1.54, 1.807) is 0 Å². The standard InChI is InChI=1S/C13H15BrFNO4/c1-8(13(18)19)6-16(2)12(17)7-20-11-4-3-9(15)5-10(11)14/h3-5,8H,6-7H2,1-2H3,(H,18,19). The molecule has 1 rings (SSSR count). The summed E-state index contributed by atoms with van der Waals surface area (Å²) in [7, 11) is 1.50. The van der Waals surface area contributed by atoms with Gasteiger partial charge in [-0.25, -0.2) is 4.39 Å². The first-order chi connectivity index (χ1) is 9.31. The Morgan fingerprint density at radius 3 is 2.70 bits per heavy atom. The molecule has 1 atom stereocenters. The van der Waals surface area contributed by atoms with Gasteiger partial charge in [0.25, 0.3) is 5.91 Å².